The van der Waals surface area contributed by atoms with Gasteiger partial charge in [-0.15, -0.1) is 0 Å². The first-order chi connectivity index (χ1) is 12.4. The van der Waals surface area contributed by atoms with Crippen LogP contribution in [0.4, 0.5) is 0 Å². The minimum absolute atomic E-state index is 0.675. The van der Waals surface area contributed by atoms with Gasteiger partial charge in [-0.3, -0.25) is 4.99 Å². The molecule has 0 aliphatic carbocycles. The maximum absolute atomic E-state index is 5.00. The van der Waals surface area contributed by atoms with Crippen molar-refractivity contribution in [1.82, 2.24) is 0 Å². The third-order valence-electron chi connectivity index (χ3n) is 4.35. The average molecular weight is 321 g/mol. The second-order valence-corrected chi connectivity index (χ2v) is 6.04. The second-order valence-electron chi connectivity index (χ2n) is 6.04. The predicted octanol–water partition coefficient (Wildman–Crippen LogP) is 5.88. The molecule has 0 N–H and O–H groups in total. The second kappa shape index (κ2) is 7.14. The lowest BCUT2D eigenvalue weighted by Gasteiger charge is -2.11. The molecule has 0 saturated carbocycles. The fourth-order valence-corrected chi connectivity index (χ4v) is 3.11. The number of nitrogens with zero attached hydrogens (tertiary/aromatic N) is 1. The van der Waals surface area contributed by atoms with Gasteiger partial charge in [-0.25, -0.2) is 0 Å². The molecule has 0 saturated heterocycles. The summed E-state index contributed by atoms with van der Waals surface area (Å²) in [5.74, 6) is 0. The summed E-state index contributed by atoms with van der Waals surface area (Å²) in [6.45, 7) is 0.675. The lowest BCUT2D eigenvalue weighted by atomic mass is 9.96. The van der Waals surface area contributed by atoms with Crippen molar-refractivity contribution in [2.24, 2.45) is 4.99 Å². The number of hydrogen-bond donors (Lipinski definition) is 0. The van der Waals surface area contributed by atoms with Gasteiger partial charge in [-0.1, -0.05) is 103 Å². The van der Waals surface area contributed by atoms with Crippen molar-refractivity contribution in [3.63, 3.8) is 0 Å². The van der Waals surface area contributed by atoms with Gasteiger partial charge >= 0.3 is 0 Å². The highest BCUT2D eigenvalue weighted by Gasteiger charge is 2.10. The molecular formula is C24H19N. The van der Waals surface area contributed by atoms with E-state index in [0.29, 0.717) is 6.54 Å². The zero-order chi connectivity index (χ0) is 16.9. The quantitative estimate of drug-likeness (QED) is 0.416. The van der Waals surface area contributed by atoms with Crippen LogP contribution in [-0.2, 0) is 6.54 Å². The van der Waals surface area contributed by atoms with Crippen LogP contribution in [0.15, 0.2) is 108 Å². The summed E-state index contributed by atoms with van der Waals surface area (Å²) >= 11 is 0. The summed E-state index contributed by atoms with van der Waals surface area (Å²) in [4.78, 5) is 5.00. The molecule has 0 aliphatic rings. The molecule has 0 bridgehead atoms. The molecule has 0 amide bonds. The Morgan fingerprint density at radius 1 is 0.600 bits per heavy atom. The van der Waals surface area contributed by atoms with Crippen molar-refractivity contribution in [1.29, 1.82) is 0 Å². The molecule has 4 rings (SSSR count). The van der Waals surface area contributed by atoms with E-state index >= 15 is 0 Å². The van der Waals surface area contributed by atoms with Crippen LogP contribution < -0.4 is 0 Å². The summed E-state index contributed by atoms with van der Waals surface area (Å²) < 4.78 is 0. The molecule has 0 radical (unpaired) electrons. The average Bonchev–Trinajstić information content (AvgIpc) is 2.70. The molecule has 1 heteroatoms. The van der Waals surface area contributed by atoms with Crippen LogP contribution in [0.25, 0.3) is 10.8 Å². The Morgan fingerprint density at radius 3 is 2.04 bits per heavy atom. The van der Waals surface area contributed by atoms with Gasteiger partial charge in [-0.2, -0.15) is 0 Å². The maximum atomic E-state index is 5.00. The van der Waals surface area contributed by atoms with Gasteiger partial charge in [-0.05, 0) is 16.3 Å². The van der Waals surface area contributed by atoms with Crippen LogP contribution in [0.1, 0.15) is 16.7 Å². The minimum atomic E-state index is 0.675. The maximum Gasteiger partial charge on any atom is 0.0729 e. The molecule has 120 valence electrons. The number of hydrogen-bond acceptors (Lipinski definition) is 1. The molecule has 0 heterocycles. The Kier molecular flexibility index (Phi) is 4.38. The monoisotopic (exact) mass is 321 g/mol. The van der Waals surface area contributed by atoms with Crippen LogP contribution in [0.2, 0.25) is 0 Å². The van der Waals surface area contributed by atoms with E-state index in [-0.39, 0.29) is 0 Å². The van der Waals surface area contributed by atoms with E-state index in [4.69, 9.17) is 4.99 Å². The molecule has 0 spiro atoms. The Hall–Kier alpha value is -3.19. The zero-order valence-corrected chi connectivity index (χ0v) is 14.0. The van der Waals surface area contributed by atoms with E-state index < -0.39 is 0 Å². The predicted molar refractivity (Wildman–Crippen MR) is 106 cm³/mol. The standard InChI is InChI=1S/C24H19N/c1-3-10-19(11-4-1)18-25-24(21-13-5-2-6-14-21)23-17-9-15-20-12-7-8-16-22(20)23/h1-17H,18H2. The molecule has 1 nitrogen and oxygen atoms in total. The first kappa shape index (κ1) is 15.3. The van der Waals surface area contributed by atoms with E-state index in [0.717, 1.165) is 11.3 Å². The Labute approximate surface area is 148 Å². The number of fused-ring (bicyclic) bond motifs is 1. The fraction of sp³-hybridized carbons (Fsp3) is 0.0417. The van der Waals surface area contributed by atoms with Crippen LogP contribution >= 0.6 is 0 Å². The normalized spacial score (nSPS) is 11.6. The van der Waals surface area contributed by atoms with Gasteiger partial charge in [0.25, 0.3) is 0 Å². The van der Waals surface area contributed by atoms with Crippen molar-refractivity contribution in [3.05, 3.63) is 120 Å². The Bertz CT molecular complexity index is 996. The highest BCUT2D eigenvalue weighted by molar-refractivity contribution is 6.19. The van der Waals surface area contributed by atoms with Gasteiger partial charge < -0.3 is 0 Å². The minimum Gasteiger partial charge on any atom is -0.279 e. The Balaban J connectivity index is 1.85. The molecule has 4 aromatic rings. The third-order valence-corrected chi connectivity index (χ3v) is 4.35. The van der Waals surface area contributed by atoms with Gasteiger partial charge in [0.1, 0.15) is 0 Å². The molecule has 4 aromatic carbocycles. The van der Waals surface area contributed by atoms with Crippen LogP contribution in [-0.4, -0.2) is 5.71 Å². The van der Waals surface area contributed by atoms with E-state index in [1.54, 1.807) is 0 Å². The fourth-order valence-electron chi connectivity index (χ4n) is 3.11. The summed E-state index contributed by atoms with van der Waals surface area (Å²) in [6.07, 6.45) is 0. The van der Waals surface area contributed by atoms with E-state index in [2.05, 4.69) is 91.0 Å². The molecule has 0 aromatic heterocycles. The number of rotatable bonds is 4. The molecule has 25 heavy (non-hydrogen) atoms. The molecule has 0 fully saturated rings. The lowest BCUT2D eigenvalue weighted by molar-refractivity contribution is 1.07. The molecule has 0 aliphatic heterocycles. The number of benzene rings is 4. The van der Waals surface area contributed by atoms with E-state index in [9.17, 15) is 0 Å². The summed E-state index contributed by atoms with van der Waals surface area (Å²) in [5.41, 5.74) is 4.59. The first-order valence-electron chi connectivity index (χ1n) is 8.54. The zero-order valence-electron chi connectivity index (χ0n) is 14.0. The lowest BCUT2D eigenvalue weighted by Crippen LogP contribution is -2.05. The number of aliphatic imine (C=N–C) groups is 1. The van der Waals surface area contributed by atoms with Crippen LogP contribution in [0.5, 0.6) is 0 Å². The highest BCUT2D eigenvalue weighted by Crippen LogP contribution is 2.22. The summed E-state index contributed by atoms with van der Waals surface area (Å²) in [6, 6.07) is 35.8. The molecule has 0 atom stereocenters. The van der Waals surface area contributed by atoms with Gasteiger partial charge in [0.05, 0.1) is 12.3 Å². The third kappa shape index (κ3) is 3.36. The smallest absolute Gasteiger partial charge is 0.0729 e. The van der Waals surface area contributed by atoms with Gasteiger partial charge in [0, 0.05) is 11.1 Å². The Morgan fingerprint density at radius 2 is 1.24 bits per heavy atom. The van der Waals surface area contributed by atoms with Crippen molar-refractivity contribution in [2.75, 3.05) is 0 Å². The van der Waals surface area contributed by atoms with Crippen molar-refractivity contribution >= 4 is 16.5 Å². The van der Waals surface area contributed by atoms with Crippen LogP contribution in [0, 0.1) is 0 Å². The van der Waals surface area contributed by atoms with Crippen LogP contribution in [0.3, 0.4) is 0 Å². The molecule has 0 unspecified atom stereocenters. The topological polar surface area (TPSA) is 12.4 Å². The van der Waals surface area contributed by atoms with Gasteiger partial charge in [0.2, 0.25) is 0 Å². The molecular weight excluding hydrogens is 302 g/mol. The SMILES string of the molecule is c1ccc(CN=C(c2ccccc2)c2cccc3ccccc23)cc1. The van der Waals surface area contributed by atoms with Crippen molar-refractivity contribution in [3.8, 4) is 0 Å². The van der Waals surface area contributed by atoms with E-state index in [1.807, 2.05) is 12.1 Å². The largest absolute Gasteiger partial charge is 0.279 e. The van der Waals surface area contributed by atoms with Gasteiger partial charge in [0.15, 0.2) is 0 Å². The summed E-state index contributed by atoms with van der Waals surface area (Å²) in [5, 5.41) is 2.48. The highest BCUT2D eigenvalue weighted by atomic mass is 14.7. The van der Waals surface area contributed by atoms with Crippen molar-refractivity contribution in [2.45, 2.75) is 6.54 Å². The summed E-state index contributed by atoms with van der Waals surface area (Å²) in [7, 11) is 0. The van der Waals surface area contributed by atoms with Crippen molar-refractivity contribution < 1.29 is 0 Å². The first-order valence-corrected chi connectivity index (χ1v) is 8.54. The van der Waals surface area contributed by atoms with E-state index in [1.165, 1.54) is 21.9 Å².